The second-order valence-corrected chi connectivity index (χ2v) is 11.9. The number of carbonyl (C=O) groups excluding carboxylic acids is 3. The Morgan fingerprint density at radius 3 is 2.31 bits per heavy atom. The maximum absolute atomic E-state index is 13.2. The molecular formula is C28H37N5O3. The molecule has 0 radical (unpaired) electrons. The number of likely N-dealkylation sites (tertiary alicyclic amines) is 1. The molecule has 1 aliphatic heterocycles. The van der Waals surface area contributed by atoms with Gasteiger partial charge in [0.15, 0.2) is 0 Å². The zero-order chi connectivity index (χ0) is 24.9. The van der Waals surface area contributed by atoms with Gasteiger partial charge >= 0.3 is 0 Å². The van der Waals surface area contributed by atoms with Crippen LogP contribution in [0.3, 0.4) is 0 Å². The van der Waals surface area contributed by atoms with Crippen molar-refractivity contribution in [1.29, 1.82) is 0 Å². The quantitative estimate of drug-likeness (QED) is 0.638. The van der Waals surface area contributed by atoms with Gasteiger partial charge in [0.25, 0.3) is 5.91 Å². The Morgan fingerprint density at radius 2 is 1.67 bits per heavy atom. The van der Waals surface area contributed by atoms with Crippen LogP contribution in [-0.4, -0.2) is 51.1 Å². The summed E-state index contributed by atoms with van der Waals surface area (Å²) in [7, 11) is 0. The first-order valence-corrected chi connectivity index (χ1v) is 13.8. The Bertz CT molecular complexity index is 1140. The molecule has 5 aliphatic rings. The van der Waals surface area contributed by atoms with Crippen LogP contribution in [0.1, 0.15) is 81.6 Å². The molecule has 2 aromatic rings. The lowest BCUT2D eigenvalue weighted by atomic mass is 9.49. The Labute approximate surface area is 212 Å². The van der Waals surface area contributed by atoms with Crippen LogP contribution in [0.4, 0.5) is 5.82 Å². The normalized spacial score (nSPS) is 29.5. The first-order chi connectivity index (χ1) is 17.4. The van der Waals surface area contributed by atoms with Crippen molar-refractivity contribution in [3.05, 3.63) is 30.1 Å². The largest absolute Gasteiger partial charge is 0.353 e. The van der Waals surface area contributed by atoms with Crippen molar-refractivity contribution >= 4 is 29.2 Å². The number of imidazole rings is 1. The van der Waals surface area contributed by atoms with E-state index in [1.807, 2.05) is 34.4 Å². The number of hydrogen-bond acceptors (Lipinski definition) is 4. The summed E-state index contributed by atoms with van der Waals surface area (Å²) in [5, 5.41) is 6.16. The lowest BCUT2D eigenvalue weighted by molar-refractivity contribution is -0.124. The molecule has 0 aromatic carbocycles. The smallest absolute Gasteiger partial charge is 0.274 e. The van der Waals surface area contributed by atoms with Gasteiger partial charge in [-0.2, -0.15) is 0 Å². The molecule has 8 nitrogen and oxygen atoms in total. The van der Waals surface area contributed by atoms with Crippen molar-refractivity contribution in [2.45, 2.75) is 77.2 Å². The van der Waals surface area contributed by atoms with Crippen LogP contribution in [0.5, 0.6) is 0 Å². The summed E-state index contributed by atoms with van der Waals surface area (Å²) in [5.74, 6) is 3.15. The van der Waals surface area contributed by atoms with Gasteiger partial charge in [-0.05, 0) is 86.7 Å². The van der Waals surface area contributed by atoms with E-state index in [-0.39, 0.29) is 29.2 Å². The molecule has 0 atom stereocenters. The highest BCUT2D eigenvalue weighted by Crippen LogP contribution is 2.61. The van der Waals surface area contributed by atoms with Crippen LogP contribution >= 0.6 is 0 Å². The lowest BCUT2D eigenvalue weighted by Crippen LogP contribution is -2.47. The second-order valence-electron chi connectivity index (χ2n) is 11.9. The molecule has 7 rings (SSSR count). The Balaban J connectivity index is 1.12. The van der Waals surface area contributed by atoms with Crippen molar-refractivity contribution in [2.75, 3.05) is 18.4 Å². The topological polar surface area (TPSA) is 95.8 Å². The third kappa shape index (κ3) is 4.50. The van der Waals surface area contributed by atoms with Crippen LogP contribution in [0, 0.1) is 23.2 Å². The average Bonchev–Trinajstić information content (AvgIpc) is 3.28. The fourth-order valence-electron chi connectivity index (χ4n) is 7.97. The third-order valence-corrected chi connectivity index (χ3v) is 9.15. The molecule has 2 aromatic heterocycles. The summed E-state index contributed by atoms with van der Waals surface area (Å²) in [4.78, 5) is 44.4. The third-order valence-electron chi connectivity index (χ3n) is 9.15. The first kappa shape index (κ1) is 23.5. The standard InChI is InChI=1S/C28H37N5O3/c1-2-25(34)29-21-6-8-32(9-7-21)27(36)22-17-33-23(30-22)4-3-5-24(33)31-26(35)16-28-13-18-10-19(14-28)12-20(11-18)15-28/h3-5,17-21H,2,6-16H2,1H3,(H,29,34)(H,31,35). The van der Waals surface area contributed by atoms with E-state index in [4.69, 9.17) is 0 Å². The van der Waals surface area contributed by atoms with Crippen LogP contribution in [0.2, 0.25) is 0 Å². The van der Waals surface area contributed by atoms with E-state index in [1.54, 1.807) is 6.20 Å². The SMILES string of the molecule is CCC(=O)NC1CCN(C(=O)c2cn3c(NC(=O)CC45CC6CC(CC(C6)C4)C5)cccc3n2)CC1. The lowest BCUT2D eigenvalue weighted by Gasteiger charge is -2.56. The van der Waals surface area contributed by atoms with Gasteiger partial charge in [0.1, 0.15) is 17.2 Å². The molecule has 5 fully saturated rings. The van der Waals surface area contributed by atoms with Gasteiger partial charge in [-0.15, -0.1) is 0 Å². The van der Waals surface area contributed by atoms with Gasteiger partial charge in [-0.3, -0.25) is 18.8 Å². The molecule has 0 spiro atoms. The first-order valence-electron chi connectivity index (χ1n) is 13.8. The minimum Gasteiger partial charge on any atom is -0.353 e. The number of aromatic nitrogens is 2. The highest BCUT2D eigenvalue weighted by molar-refractivity contribution is 5.94. The summed E-state index contributed by atoms with van der Waals surface area (Å²) in [6.45, 7) is 3.03. The van der Waals surface area contributed by atoms with Crippen molar-refractivity contribution in [2.24, 2.45) is 23.2 Å². The van der Waals surface area contributed by atoms with Gasteiger partial charge < -0.3 is 15.5 Å². The highest BCUT2D eigenvalue weighted by Gasteiger charge is 2.51. The number of amides is 3. The highest BCUT2D eigenvalue weighted by atomic mass is 16.2. The van der Waals surface area contributed by atoms with E-state index in [9.17, 15) is 14.4 Å². The number of anilines is 1. The van der Waals surface area contributed by atoms with Gasteiger partial charge in [-0.25, -0.2) is 4.98 Å². The zero-order valence-electron chi connectivity index (χ0n) is 21.2. The van der Waals surface area contributed by atoms with Crippen molar-refractivity contribution in [1.82, 2.24) is 19.6 Å². The number of nitrogens with one attached hydrogen (secondary N) is 2. The maximum atomic E-state index is 13.2. The molecule has 36 heavy (non-hydrogen) atoms. The van der Waals surface area contributed by atoms with Gasteiger partial charge in [0.05, 0.1) is 0 Å². The summed E-state index contributed by atoms with van der Waals surface area (Å²) >= 11 is 0. The van der Waals surface area contributed by atoms with Crippen LogP contribution in [-0.2, 0) is 9.59 Å². The van der Waals surface area contributed by atoms with Crippen molar-refractivity contribution < 1.29 is 14.4 Å². The summed E-state index contributed by atoms with van der Waals surface area (Å²) in [6, 6.07) is 5.73. The van der Waals surface area contributed by atoms with Crippen LogP contribution in [0.25, 0.3) is 5.65 Å². The minimum absolute atomic E-state index is 0.0536. The number of nitrogens with zero attached hydrogens (tertiary/aromatic N) is 3. The molecule has 0 unspecified atom stereocenters. The number of piperidine rings is 1. The summed E-state index contributed by atoms with van der Waals surface area (Å²) < 4.78 is 1.82. The number of carbonyl (C=O) groups is 3. The number of rotatable bonds is 6. The number of hydrogen-bond donors (Lipinski definition) is 2. The number of fused-ring (bicyclic) bond motifs is 1. The molecule has 4 saturated carbocycles. The van der Waals surface area contributed by atoms with Gasteiger partial charge in [0.2, 0.25) is 11.8 Å². The van der Waals surface area contributed by atoms with E-state index >= 15 is 0 Å². The monoisotopic (exact) mass is 491 g/mol. The average molecular weight is 492 g/mol. The maximum Gasteiger partial charge on any atom is 0.274 e. The minimum atomic E-state index is -0.107. The molecule has 4 aliphatic carbocycles. The van der Waals surface area contributed by atoms with Crippen molar-refractivity contribution in [3.63, 3.8) is 0 Å². The van der Waals surface area contributed by atoms with Crippen LogP contribution < -0.4 is 10.6 Å². The van der Waals surface area contributed by atoms with E-state index in [0.29, 0.717) is 43.1 Å². The van der Waals surface area contributed by atoms with Gasteiger partial charge in [0, 0.05) is 38.2 Å². The molecule has 4 bridgehead atoms. The Hall–Kier alpha value is -2.90. The molecular weight excluding hydrogens is 454 g/mol. The molecule has 192 valence electrons. The molecule has 2 N–H and O–H groups in total. The molecule has 3 amide bonds. The predicted molar refractivity (Wildman–Crippen MR) is 136 cm³/mol. The van der Waals surface area contributed by atoms with Gasteiger partial charge in [-0.1, -0.05) is 13.0 Å². The van der Waals surface area contributed by atoms with E-state index in [1.165, 1.54) is 38.5 Å². The Kier molecular flexibility index (Phi) is 6.00. The zero-order valence-corrected chi connectivity index (χ0v) is 21.2. The molecule has 3 heterocycles. The van der Waals surface area contributed by atoms with E-state index in [0.717, 1.165) is 30.6 Å². The summed E-state index contributed by atoms with van der Waals surface area (Å²) in [5.41, 5.74) is 1.22. The fourth-order valence-corrected chi connectivity index (χ4v) is 7.97. The second kappa shape index (κ2) is 9.20. The predicted octanol–water partition coefficient (Wildman–Crippen LogP) is 4.01. The number of pyridine rings is 1. The Morgan fingerprint density at radius 1 is 1.00 bits per heavy atom. The van der Waals surface area contributed by atoms with Crippen molar-refractivity contribution in [3.8, 4) is 0 Å². The fraction of sp³-hybridized carbons (Fsp3) is 0.643. The van der Waals surface area contributed by atoms with E-state index < -0.39 is 0 Å². The summed E-state index contributed by atoms with van der Waals surface area (Å²) in [6.07, 6.45) is 12.0. The molecule has 1 saturated heterocycles. The van der Waals surface area contributed by atoms with Crippen LogP contribution in [0.15, 0.2) is 24.4 Å². The molecule has 8 heteroatoms. The van der Waals surface area contributed by atoms with E-state index in [2.05, 4.69) is 15.6 Å².